The highest BCUT2D eigenvalue weighted by Gasteiger charge is 2.16. The molecule has 29 heavy (non-hydrogen) atoms. The van der Waals surface area contributed by atoms with Gasteiger partial charge in [0.05, 0.1) is 20.3 Å². The number of rotatable bonds is 9. The van der Waals surface area contributed by atoms with Crippen LogP contribution in [0.4, 0.5) is 0 Å². The van der Waals surface area contributed by atoms with Gasteiger partial charge in [0, 0.05) is 0 Å². The van der Waals surface area contributed by atoms with Gasteiger partial charge in [-0.05, 0) is 53.9 Å². The molecule has 0 spiro atoms. The fourth-order valence-electron chi connectivity index (χ4n) is 2.99. The van der Waals surface area contributed by atoms with Crippen LogP contribution in [0.5, 0.6) is 17.2 Å². The van der Waals surface area contributed by atoms with Crippen LogP contribution in [0, 0.1) is 0 Å². The monoisotopic (exact) mass is 391 g/mol. The molecule has 1 amide bonds. The molecule has 0 bridgehead atoms. The molecule has 0 saturated carbocycles. The zero-order valence-corrected chi connectivity index (χ0v) is 16.6. The van der Waals surface area contributed by atoms with Gasteiger partial charge >= 0.3 is 0 Å². The number of nitrogens with one attached hydrogen (secondary N) is 1. The van der Waals surface area contributed by atoms with Crippen molar-refractivity contribution in [2.45, 2.75) is 12.5 Å². The minimum Gasteiger partial charge on any atom is -0.497 e. The van der Waals surface area contributed by atoms with Crippen molar-refractivity contribution in [1.82, 2.24) is 5.32 Å². The SMILES string of the molecule is COc1ccc(CC(NC(=O)COc2ccccc2)c2ccc(OC)cc2)cc1. The lowest BCUT2D eigenvalue weighted by Crippen LogP contribution is -2.33. The zero-order chi connectivity index (χ0) is 20.5. The number of hydrogen-bond donors (Lipinski definition) is 1. The fourth-order valence-corrected chi connectivity index (χ4v) is 2.99. The first kappa shape index (κ1) is 20.3. The lowest BCUT2D eigenvalue weighted by Gasteiger charge is -2.20. The highest BCUT2D eigenvalue weighted by Crippen LogP contribution is 2.23. The maximum absolute atomic E-state index is 12.5. The van der Waals surface area contributed by atoms with Crippen molar-refractivity contribution in [1.29, 1.82) is 0 Å². The van der Waals surface area contributed by atoms with Crippen molar-refractivity contribution in [3.05, 3.63) is 90.0 Å². The predicted octanol–water partition coefficient (Wildman–Crippen LogP) is 4.18. The van der Waals surface area contributed by atoms with Crippen molar-refractivity contribution in [3.8, 4) is 17.2 Å². The number of carbonyl (C=O) groups is 1. The molecule has 1 N–H and O–H groups in total. The average Bonchev–Trinajstić information content (AvgIpc) is 2.78. The molecule has 3 aromatic carbocycles. The van der Waals surface area contributed by atoms with Crippen LogP contribution in [-0.2, 0) is 11.2 Å². The Balaban J connectivity index is 1.71. The van der Waals surface area contributed by atoms with Crippen LogP contribution in [-0.4, -0.2) is 26.7 Å². The molecule has 5 nitrogen and oxygen atoms in total. The molecule has 0 heterocycles. The van der Waals surface area contributed by atoms with Gasteiger partial charge in [0.25, 0.3) is 5.91 Å². The smallest absolute Gasteiger partial charge is 0.258 e. The van der Waals surface area contributed by atoms with E-state index in [1.54, 1.807) is 14.2 Å². The van der Waals surface area contributed by atoms with Crippen LogP contribution in [0.3, 0.4) is 0 Å². The molecule has 150 valence electrons. The molecule has 1 atom stereocenters. The molecule has 1 unspecified atom stereocenters. The summed E-state index contributed by atoms with van der Waals surface area (Å²) in [6, 6.07) is 24.7. The number of para-hydroxylation sites is 1. The third-order valence-corrected chi connectivity index (χ3v) is 4.57. The second kappa shape index (κ2) is 10.2. The lowest BCUT2D eigenvalue weighted by molar-refractivity contribution is -0.123. The summed E-state index contributed by atoms with van der Waals surface area (Å²) in [5.74, 6) is 2.06. The minimum absolute atomic E-state index is 0.0424. The van der Waals surface area contributed by atoms with Crippen LogP contribution in [0.2, 0.25) is 0 Å². The molecule has 0 aliphatic heterocycles. The van der Waals surface area contributed by atoms with E-state index in [9.17, 15) is 4.79 Å². The third-order valence-electron chi connectivity index (χ3n) is 4.57. The molecule has 3 rings (SSSR count). The Hall–Kier alpha value is -3.47. The Kier molecular flexibility index (Phi) is 7.11. The van der Waals surface area contributed by atoms with E-state index in [-0.39, 0.29) is 18.6 Å². The standard InChI is InChI=1S/C24H25NO4/c1-27-20-12-8-18(9-13-20)16-23(19-10-14-21(28-2)15-11-19)25-24(26)17-29-22-6-4-3-5-7-22/h3-15,23H,16-17H2,1-2H3,(H,25,26). The Morgan fingerprint density at radius 2 is 1.38 bits per heavy atom. The van der Waals surface area contributed by atoms with Gasteiger partial charge in [-0.25, -0.2) is 0 Å². The quantitative estimate of drug-likeness (QED) is 0.594. The largest absolute Gasteiger partial charge is 0.497 e. The van der Waals surface area contributed by atoms with Gasteiger partial charge in [0.1, 0.15) is 17.2 Å². The van der Waals surface area contributed by atoms with Crippen molar-refractivity contribution in [2.75, 3.05) is 20.8 Å². The molecule has 0 saturated heterocycles. The van der Waals surface area contributed by atoms with Gasteiger partial charge in [0.15, 0.2) is 6.61 Å². The Bertz CT molecular complexity index is 892. The van der Waals surface area contributed by atoms with Crippen LogP contribution in [0.25, 0.3) is 0 Å². The van der Waals surface area contributed by atoms with Crippen molar-refractivity contribution in [2.24, 2.45) is 0 Å². The van der Waals surface area contributed by atoms with Gasteiger partial charge in [-0.15, -0.1) is 0 Å². The van der Waals surface area contributed by atoms with Crippen LogP contribution in [0.1, 0.15) is 17.2 Å². The van der Waals surface area contributed by atoms with E-state index >= 15 is 0 Å². The third kappa shape index (κ3) is 6.01. The minimum atomic E-state index is -0.193. The van der Waals surface area contributed by atoms with E-state index in [1.807, 2.05) is 78.9 Å². The Morgan fingerprint density at radius 3 is 1.97 bits per heavy atom. The van der Waals surface area contributed by atoms with Gasteiger partial charge in [-0.1, -0.05) is 42.5 Å². The van der Waals surface area contributed by atoms with Crippen LogP contribution < -0.4 is 19.5 Å². The van der Waals surface area contributed by atoms with Crippen molar-refractivity contribution >= 4 is 5.91 Å². The van der Waals surface area contributed by atoms with Crippen molar-refractivity contribution < 1.29 is 19.0 Å². The molecule has 5 heteroatoms. The van der Waals surface area contributed by atoms with Crippen LogP contribution >= 0.6 is 0 Å². The highest BCUT2D eigenvalue weighted by molar-refractivity contribution is 5.78. The number of carbonyl (C=O) groups excluding carboxylic acids is 1. The summed E-state index contributed by atoms with van der Waals surface area (Å²) in [7, 11) is 3.27. The first-order chi connectivity index (χ1) is 14.2. The van der Waals surface area contributed by atoms with E-state index in [0.717, 1.165) is 22.6 Å². The number of ether oxygens (including phenoxy) is 3. The normalized spacial score (nSPS) is 11.4. The maximum atomic E-state index is 12.5. The van der Waals surface area contributed by atoms with E-state index in [4.69, 9.17) is 14.2 Å². The summed E-state index contributed by atoms with van der Waals surface area (Å²) in [4.78, 5) is 12.5. The van der Waals surface area contributed by atoms with E-state index < -0.39 is 0 Å². The molecule has 0 aliphatic rings. The molecule has 0 aromatic heterocycles. The summed E-state index contributed by atoms with van der Waals surface area (Å²) in [6.07, 6.45) is 0.646. The highest BCUT2D eigenvalue weighted by atomic mass is 16.5. The second-order valence-electron chi connectivity index (χ2n) is 6.55. The van der Waals surface area contributed by atoms with E-state index in [2.05, 4.69) is 5.32 Å². The van der Waals surface area contributed by atoms with Gasteiger partial charge in [-0.2, -0.15) is 0 Å². The number of benzene rings is 3. The number of methoxy groups -OCH3 is 2. The molecule has 0 fully saturated rings. The molecular formula is C24H25NO4. The maximum Gasteiger partial charge on any atom is 0.258 e. The first-order valence-corrected chi connectivity index (χ1v) is 9.42. The topological polar surface area (TPSA) is 56.8 Å². The van der Waals surface area contributed by atoms with Crippen molar-refractivity contribution in [3.63, 3.8) is 0 Å². The summed E-state index contributed by atoms with van der Waals surface area (Å²) in [6.45, 7) is -0.0424. The van der Waals surface area contributed by atoms with Gasteiger partial charge in [0.2, 0.25) is 0 Å². The molecular weight excluding hydrogens is 366 g/mol. The molecule has 0 radical (unpaired) electrons. The molecule has 3 aromatic rings. The van der Waals surface area contributed by atoms with E-state index in [0.29, 0.717) is 12.2 Å². The number of amides is 1. The predicted molar refractivity (Wildman–Crippen MR) is 113 cm³/mol. The number of hydrogen-bond acceptors (Lipinski definition) is 4. The average molecular weight is 391 g/mol. The molecule has 0 aliphatic carbocycles. The lowest BCUT2D eigenvalue weighted by atomic mass is 9.98. The summed E-state index contributed by atoms with van der Waals surface area (Å²) in [5.41, 5.74) is 2.09. The summed E-state index contributed by atoms with van der Waals surface area (Å²) >= 11 is 0. The Labute approximate surface area is 171 Å². The van der Waals surface area contributed by atoms with E-state index in [1.165, 1.54) is 0 Å². The first-order valence-electron chi connectivity index (χ1n) is 9.42. The van der Waals surface area contributed by atoms with Gasteiger partial charge < -0.3 is 19.5 Å². The van der Waals surface area contributed by atoms with Gasteiger partial charge in [-0.3, -0.25) is 4.79 Å². The van der Waals surface area contributed by atoms with Crippen LogP contribution in [0.15, 0.2) is 78.9 Å². The zero-order valence-electron chi connectivity index (χ0n) is 16.6. The second-order valence-corrected chi connectivity index (χ2v) is 6.55. The fraction of sp³-hybridized carbons (Fsp3) is 0.208. The Morgan fingerprint density at radius 1 is 0.793 bits per heavy atom. The summed E-state index contributed by atoms with van der Waals surface area (Å²) in [5, 5.41) is 3.08. The summed E-state index contributed by atoms with van der Waals surface area (Å²) < 4.78 is 16.0.